The first-order valence-corrected chi connectivity index (χ1v) is 7.83. The molecule has 1 N–H and O–H groups in total. The number of amides is 1. The van der Waals surface area contributed by atoms with Crippen LogP contribution in [0.1, 0.15) is 24.2 Å². The quantitative estimate of drug-likeness (QED) is 0.451. The van der Waals surface area contributed by atoms with Crippen molar-refractivity contribution in [1.82, 2.24) is 0 Å². The van der Waals surface area contributed by atoms with Crippen LogP contribution in [0, 0.1) is 15.9 Å². The van der Waals surface area contributed by atoms with Crippen LogP contribution in [0.15, 0.2) is 36.4 Å². The molecule has 2 aromatic rings. The maximum atomic E-state index is 13.3. The molecule has 0 aromatic heterocycles. The van der Waals surface area contributed by atoms with Gasteiger partial charge < -0.3 is 14.8 Å². The molecule has 2 aromatic carbocycles. The van der Waals surface area contributed by atoms with Gasteiger partial charge in [-0.25, -0.2) is 4.39 Å². The number of ether oxygens (including phenoxy) is 2. The number of nitro benzene ring substituents is 1. The predicted molar refractivity (Wildman–Crippen MR) is 94.8 cm³/mol. The fourth-order valence-corrected chi connectivity index (χ4v) is 2.25. The second-order valence-corrected chi connectivity index (χ2v) is 5.59. The van der Waals surface area contributed by atoms with Gasteiger partial charge in [0.2, 0.25) is 0 Å². The number of ketones is 1. The van der Waals surface area contributed by atoms with Gasteiger partial charge in [0.25, 0.3) is 11.6 Å². The molecule has 0 saturated heterocycles. The lowest BCUT2D eigenvalue weighted by Crippen LogP contribution is -2.30. The summed E-state index contributed by atoms with van der Waals surface area (Å²) in [6.07, 6.45) is -1.10. The van der Waals surface area contributed by atoms with E-state index >= 15 is 0 Å². The summed E-state index contributed by atoms with van der Waals surface area (Å²) in [5, 5.41) is 13.6. The Morgan fingerprint density at radius 1 is 1.22 bits per heavy atom. The standard InChI is InChI=1S/C18H17FN2O6/c1-10(22)14-8-12(19)4-7-17(14)27-11(2)18(23)20-15-6-5-13(26-3)9-16(15)21(24)25/h4-9,11H,1-3H3,(H,20,23)/t11-/m0/s1. The second-order valence-electron chi connectivity index (χ2n) is 5.59. The largest absolute Gasteiger partial charge is 0.496 e. The minimum absolute atomic E-state index is 0.00919. The average molecular weight is 376 g/mol. The number of hydrogen-bond donors (Lipinski definition) is 1. The molecule has 9 heteroatoms. The Balaban J connectivity index is 2.20. The van der Waals surface area contributed by atoms with Gasteiger partial charge in [0.15, 0.2) is 11.9 Å². The van der Waals surface area contributed by atoms with Gasteiger partial charge in [-0.3, -0.25) is 19.7 Å². The smallest absolute Gasteiger partial charge is 0.296 e. The highest BCUT2D eigenvalue weighted by Gasteiger charge is 2.22. The zero-order valence-corrected chi connectivity index (χ0v) is 14.8. The third kappa shape index (κ3) is 4.78. The number of benzene rings is 2. The number of carbonyl (C=O) groups is 2. The first kappa shape index (κ1) is 19.8. The van der Waals surface area contributed by atoms with E-state index in [0.717, 1.165) is 12.1 Å². The molecule has 0 radical (unpaired) electrons. The fourth-order valence-electron chi connectivity index (χ4n) is 2.25. The van der Waals surface area contributed by atoms with Crippen LogP contribution in [0.4, 0.5) is 15.8 Å². The van der Waals surface area contributed by atoms with E-state index in [0.29, 0.717) is 0 Å². The topological polar surface area (TPSA) is 108 Å². The highest BCUT2D eigenvalue weighted by molar-refractivity contribution is 5.98. The summed E-state index contributed by atoms with van der Waals surface area (Å²) in [5.41, 5.74) is -0.390. The van der Waals surface area contributed by atoms with E-state index in [4.69, 9.17) is 9.47 Å². The van der Waals surface area contributed by atoms with Crippen LogP contribution >= 0.6 is 0 Å². The van der Waals surface area contributed by atoms with Crippen LogP contribution in [0.25, 0.3) is 0 Å². The van der Waals surface area contributed by atoms with Crippen molar-refractivity contribution >= 4 is 23.1 Å². The average Bonchev–Trinajstić information content (AvgIpc) is 2.62. The van der Waals surface area contributed by atoms with E-state index < -0.39 is 28.5 Å². The molecule has 142 valence electrons. The molecule has 1 amide bonds. The van der Waals surface area contributed by atoms with Gasteiger partial charge >= 0.3 is 0 Å². The molecular formula is C18H17FN2O6. The Kier molecular flexibility index (Phi) is 6.07. The fraction of sp³-hybridized carbons (Fsp3) is 0.222. The number of Topliss-reactive ketones (excluding diaryl/α,β-unsaturated/α-hetero) is 1. The predicted octanol–water partition coefficient (Wildman–Crippen LogP) is 3.35. The van der Waals surface area contributed by atoms with Crippen LogP contribution < -0.4 is 14.8 Å². The number of hydrogen-bond acceptors (Lipinski definition) is 6. The molecule has 0 aliphatic carbocycles. The normalized spacial score (nSPS) is 11.4. The van der Waals surface area contributed by atoms with Gasteiger partial charge in [-0.15, -0.1) is 0 Å². The van der Waals surface area contributed by atoms with Crippen LogP contribution in [0.2, 0.25) is 0 Å². The van der Waals surface area contributed by atoms with Gasteiger partial charge in [-0.05, 0) is 44.2 Å². The highest BCUT2D eigenvalue weighted by Crippen LogP contribution is 2.29. The molecule has 0 saturated carbocycles. The Morgan fingerprint density at radius 3 is 2.52 bits per heavy atom. The molecule has 0 unspecified atom stereocenters. The highest BCUT2D eigenvalue weighted by atomic mass is 19.1. The van der Waals surface area contributed by atoms with E-state index in [1.807, 2.05) is 0 Å². The Hall–Kier alpha value is -3.49. The van der Waals surface area contributed by atoms with Gasteiger partial charge in [0.1, 0.15) is 23.0 Å². The third-order valence-corrected chi connectivity index (χ3v) is 3.65. The zero-order valence-electron chi connectivity index (χ0n) is 14.8. The van der Waals surface area contributed by atoms with Gasteiger partial charge in [0, 0.05) is 0 Å². The molecule has 0 aliphatic rings. The summed E-state index contributed by atoms with van der Waals surface area (Å²) in [6.45, 7) is 2.64. The minimum atomic E-state index is -1.10. The number of nitrogens with one attached hydrogen (secondary N) is 1. The van der Waals surface area contributed by atoms with Crippen molar-refractivity contribution in [2.75, 3.05) is 12.4 Å². The monoisotopic (exact) mass is 376 g/mol. The maximum Gasteiger partial charge on any atom is 0.296 e. The molecule has 0 bridgehead atoms. The molecule has 0 heterocycles. The molecule has 0 spiro atoms. The van der Waals surface area contributed by atoms with Crippen molar-refractivity contribution in [3.63, 3.8) is 0 Å². The third-order valence-electron chi connectivity index (χ3n) is 3.65. The number of anilines is 1. The number of carbonyl (C=O) groups excluding carboxylic acids is 2. The molecule has 8 nitrogen and oxygen atoms in total. The van der Waals surface area contributed by atoms with Crippen molar-refractivity contribution in [3.05, 3.63) is 57.9 Å². The number of halogens is 1. The van der Waals surface area contributed by atoms with Crippen LogP contribution in [-0.4, -0.2) is 29.8 Å². The van der Waals surface area contributed by atoms with Crippen molar-refractivity contribution in [2.24, 2.45) is 0 Å². The van der Waals surface area contributed by atoms with E-state index in [1.165, 1.54) is 45.2 Å². The summed E-state index contributed by atoms with van der Waals surface area (Å²) in [5.74, 6) is -1.42. The molecule has 0 fully saturated rings. The zero-order chi connectivity index (χ0) is 20.1. The van der Waals surface area contributed by atoms with E-state index in [9.17, 15) is 24.1 Å². The number of nitro groups is 1. The SMILES string of the molecule is COc1ccc(NC(=O)[C@H](C)Oc2ccc(F)cc2C(C)=O)c([N+](=O)[O-])c1. The first-order chi connectivity index (χ1) is 12.7. The lowest BCUT2D eigenvalue weighted by molar-refractivity contribution is -0.384. The first-order valence-electron chi connectivity index (χ1n) is 7.83. The lowest BCUT2D eigenvalue weighted by atomic mass is 10.1. The Labute approximate surface area is 154 Å². The minimum Gasteiger partial charge on any atom is -0.496 e. The van der Waals surface area contributed by atoms with Crippen LogP contribution in [0.3, 0.4) is 0 Å². The van der Waals surface area contributed by atoms with Crippen LogP contribution in [0.5, 0.6) is 11.5 Å². The molecule has 2 rings (SSSR count). The van der Waals surface area contributed by atoms with E-state index in [-0.39, 0.29) is 28.4 Å². The van der Waals surface area contributed by atoms with E-state index in [2.05, 4.69) is 5.32 Å². The van der Waals surface area contributed by atoms with Crippen molar-refractivity contribution in [2.45, 2.75) is 20.0 Å². The summed E-state index contributed by atoms with van der Waals surface area (Å²) < 4.78 is 23.7. The summed E-state index contributed by atoms with van der Waals surface area (Å²) >= 11 is 0. The second kappa shape index (κ2) is 8.26. The van der Waals surface area contributed by atoms with Crippen molar-refractivity contribution in [3.8, 4) is 11.5 Å². The Bertz CT molecular complexity index is 899. The maximum absolute atomic E-state index is 13.3. The summed E-state index contributed by atoms with van der Waals surface area (Å²) in [7, 11) is 1.36. The van der Waals surface area contributed by atoms with Gasteiger partial charge in [-0.2, -0.15) is 0 Å². The number of rotatable bonds is 7. The number of nitrogens with zero attached hydrogens (tertiary/aromatic N) is 1. The van der Waals surface area contributed by atoms with Crippen LogP contribution in [-0.2, 0) is 4.79 Å². The Morgan fingerprint density at radius 2 is 1.93 bits per heavy atom. The molecular weight excluding hydrogens is 359 g/mol. The molecule has 27 heavy (non-hydrogen) atoms. The van der Waals surface area contributed by atoms with Crippen molar-refractivity contribution < 1.29 is 28.4 Å². The van der Waals surface area contributed by atoms with Crippen molar-refractivity contribution in [1.29, 1.82) is 0 Å². The summed E-state index contributed by atoms with van der Waals surface area (Å²) in [6, 6.07) is 7.32. The molecule has 0 aliphatic heterocycles. The number of methoxy groups -OCH3 is 1. The summed E-state index contributed by atoms with van der Waals surface area (Å²) in [4.78, 5) is 34.5. The van der Waals surface area contributed by atoms with E-state index in [1.54, 1.807) is 0 Å². The van der Waals surface area contributed by atoms with Gasteiger partial charge in [-0.1, -0.05) is 0 Å². The molecule has 1 atom stereocenters. The lowest BCUT2D eigenvalue weighted by Gasteiger charge is -2.16. The van der Waals surface area contributed by atoms with Gasteiger partial charge in [0.05, 0.1) is 23.7 Å².